The highest BCUT2D eigenvalue weighted by Crippen LogP contribution is 2.21. The predicted octanol–water partition coefficient (Wildman–Crippen LogP) is 3.72. The molecule has 2 aromatic rings. The van der Waals surface area contributed by atoms with Gasteiger partial charge in [0.2, 0.25) is 12.0 Å². The Hall–Kier alpha value is -2.63. The third-order valence-electron chi connectivity index (χ3n) is 2.80. The van der Waals surface area contributed by atoms with Crippen molar-refractivity contribution in [2.45, 2.75) is 12.6 Å². The van der Waals surface area contributed by atoms with Crippen LogP contribution in [0.1, 0.15) is 0 Å². The van der Waals surface area contributed by atoms with Gasteiger partial charge in [-0.05, 0) is 23.3 Å². The van der Waals surface area contributed by atoms with Crippen molar-refractivity contribution in [1.29, 1.82) is 0 Å². The SMILES string of the molecule is COc1ccc(-c2ccccc2)cc1.O=CC(F)C(=O)C(F)F. The van der Waals surface area contributed by atoms with E-state index in [2.05, 4.69) is 24.3 Å². The van der Waals surface area contributed by atoms with Crippen molar-refractivity contribution in [2.24, 2.45) is 0 Å². The van der Waals surface area contributed by atoms with E-state index in [4.69, 9.17) is 4.74 Å². The Balaban J connectivity index is 0.000000257. The van der Waals surface area contributed by atoms with E-state index >= 15 is 0 Å². The summed E-state index contributed by atoms with van der Waals surface area (Å²) >= 11 is 0. The fourth-order valence-electron chi connectivity index (χ4n) is 1.60. The van der Waals surface area contributed by atoms with E-state index in [1.54, 1.807) is 7.11 Å². The Kier molecular flexibility index (Phi) is 7.53. The lowest BCUT2D eigenvalue weighted by atomic mass is 10.1. The minimum Gasteiger partial charge on any atom is -0.497 e. The van der Waals surface area contributed by atoms with Crippen LogP contribution < -0.4 is 4.74 Å². The molecule has 23 heavy (non-hydrogen) atoms. The monoisotopic (exact) mass is 324 g/mol. The zero-order chi connectivity index (χ0) is 17.2. The first kappa shape index (κ1) is 18.4. The Morgan fingerprint density at radius 3 is 1.87 bits per heavy atom. The van der Waals surface area contributed by atoms with Gasteiger partial charge in [0.25, 0.3) is 6.43 Å². The van der Waals surface area contributed by atoms with E-state index in [1.807, 2.05) is 30.3 Å². The van der Waals surface area contributed by atoms with E-state index in [-0.39, 0.29) is 0 Å². The first-order chi connectivity index (χ1) is 11.0. The van der Waals surface area contributed by atoms with Gasteiger partial charge in [0.05, 0.1) is 7.11 Å². The topological polar surface area (TPSA) is 43.4 Å². The molecule has 0 radical (unpaired) electrons. The highest BCUT2D eigenvalue weighted by molar-refractivity contribution is 5.97. The molecule has 3 nitrogen and oxygen atoms in total. The molecule has 0 aliphatic rings. The molecule has 0 aliphatic heterocycles. The molecule has 0 N–H and O–H groups in total. The molecule has 0 heterocycles. The quantitative estimate of drug-likeness (QED) is 0.622. The summed E-state index contributed by atoms with van der Waals surface area (Å²) < 4.78 is 38.9. The number of hydrogen-bond acceptors (Lipinski definition) is 3. The largest absolute Gasteiger partial charge is 0.497 e. The Bertz CT molecular complexity index is 613. The van der Waals surface area contributed by atoms with Crippen LogP contribution >= 0.6 is 0 Å². The number of ether oxygens (including phenoxy) is 1. The van der Waals surface area contributed by atoms with Gasteiger partial charge in [0, 0.05) is 0 Å². The summed E-state index contributed by atoms with van der Waals surface area (Å²) in [5.41, 5.74) is 2.45. The average Bonchev–Trinajstić information content (AvgIpc) is 2.61. The number of aldehydes is 1. The lowest BCUT2D eigenvalue weighted by Crippen LogP contribution is -2.23. The summed E-state index contributed by atoms with van der Waals surface area (Å²) in [6.45, 7) is 0. The minimum absolute atomic E-state index is 0.464. The second-order valence-electron chi connectivity index (χ2n) is 4.34. The van der Waals surface area contributed by atoms with Gasteiger partial charge in [-0.25, -0.2) is 13.2 Å². The molecule has 0 bridgehead atoms. The predicted molar refractivity (Wildman–Crippen MR) is 80.4 cm³/mol. The van der Waals surface area contributed by atoms with Crippen LogP contribution in [0.15, 0.2) is 54.6 Å². The molecular formula is C17H15F3O3. The fraction of sp³-hybridized carbons (Fsp3) is 0.176. The first-order valence-corrected chi connectivity index (χ1v) is 6.60. The maximum Gasteiger partial charge on any atom is 0.299 e. The standard InChI is InChI=1S/C13H12O.C4H3F3O2/c1-14-13-9-7-12(8-10-13)11-5-3-2-4-6-11;5-2(1-8)3(9)4(6)7/h2-10H,1H3;1-2,4H. The summed E-state index contributed by atoms with van der Waals surface area (Å²) in [7, 11) is 1.68. The molecule has 0 saturated heterocycles. The first-order valence-electron chi connectivity index (χ1n) is 6.60. The van der Waals surface area contributed by atoms with Gasteiger partial charge in [0.15, 0.2) is 6.29 Å². The van der Waals surface area contributed by atoms with Crippen LogP contribution in [0.4, 0.5) is 13.2 Å². The van der Waals surface area contributed by atoms with Crippen molar-refractivity contribution in [3.05, 3.63) is 54.6 Å². The smallest absolute Gasteiger partial charge is 0.299 e. The van der Waals surface area contributed by atoms with Gasteiger partial charge >= 0.3 is 0 Å². The van der Waals surface area contributed by atoms with Crippen molar-refractivity contribution >= 4 is 12.1 Å². The average molecular weight is 324 g/mol. The lowest BCUT2D eigenvalue weighted by molar-refractivity contribution is -0.137. The lowest BCUT2D eigenvalue weighted by Gasteiger charge is -2.02. The number of benzene rings is 2. The summed E-state index contributed by atoms with van der Waals surface area (Å²) in [6, 6.07) is 18.4. The van der Waals surface area contributed by atoms with Gasteiger partial charge in [-0.1, -0.05) is 42.5 Å². The molecule has 0 aromatic heterocycles. The molecule has 0 aliphatic carbocycles. The third-order valence-corrected chi connectivity index (χ3v) is 2.80. The van der Waals surface area contributed by atoms with E-state index < -0.39 is 24.7 Å². The van der Waals surface area contributed by atoms with Gasteiger partial charge in [-0.15, -0.1) is 0 Å². The molecule has 122 valence electrons. The van der Waals surface area contributed by atoms with Gasteiger partial charge in [-0.2, -0.15) is 0 Å². The van der Waals surface area contributed by atoms with Crippen molar-refractivity contribution in [2.75, 3.05) is 7.11 Å². The summed E-state index contributed by atoms with van der Waals surface area (Å²) in [5, 5.41) is 0. The van der Waals surface area contributed by atoms with Crippen molar-refractivity contribution in [1.82, 2.24) is 0 Å². The Morgan fingerprint density at radius 2 is 1.48 bits per heavy atom. The maximum absolute atomic E-state index is 11.6. The van der Waals surface area contributed by atoms with Gasteiger partial charge in [0.1, 0.15) is 5.75 Å². The second kappa shape index (κ2) is 9.40. The van der Waals surface area contributed by atoms with E-state index in [0.29, 0.717) is 0 Å². The van der Waals surface area contributed by atoms with Crippen LogP contribution in [0.2, 0.25) is 0 Å². The van der Waals surface area contributed by atoms with Crippen LogP contribution in [0, 0.1) is 0 Å². The molecule has 0 saturated carbocycles. The molecule has 0 amide bonds. The Labute approximate surface area is 131 Å². The maximum atomic E-state index is 11.6. The zero-order valence-corrected chi connectivity index (χ0v) is 12.3. The van der Waals surface area contributed by atoms with Gasteiger partial charge in [-0.3, -0.25) is 9.59 Å². The molecule has 2 rings (SSSR count). The van der Waals surface area contributed by atoms with Crippen LogP contribution in [0.5, 0.6) is 5.75 Å². The minimum atomic E-state index is -3.40. The number of carbonyl (C=O) groups excluding carboxylic acids is 2. The van der Waals surface area contributed by atoms with Crippen molar-refractivity contribution in [3.8, 4) is 16.9 Å². The van der Waals surface area contributed by atoms with Crippen LogP contribution in [0.25, 0.3) is 11.1 Å². The van der Waals surface area contributed by atoms with Crippen LogP contribution in [0.3, 0.4) is 0 Å². The molecule has 1 unspecified atom stereocenters. The molecule has 2 aromatic carbocycles. The normalized spacial score (nSPS) is 11.2. The van der Waals surface area contributed by atoms with E-state index in [1.165, 1.54) is 11.1 Å². The second-order valence-corrected chi connectivity index (χ2v) is 4.34. The number of halogens is 3. The highest BCUT2D eigenvalue weighted by atomic mass is 19.3. The number of Topliss-reactive ketones (excluding diaryl/α,β-unsaturated/α-hetero) is 1. The van der Waals surface area contributed by atoms with Crippen molar-refractivity contribution in [3.63, 3.8) is 0 Å². The molecule has 0 spiro atoms. The molecule has 0 fully saturated rings. The number of carbonyl (C=O) groups is 2. The highest BCUT2D eigenvalue weighted by Gasteiger charge is 2.25. The van der Waals surface area contributed by atoms with Crippen LogP contribution in [-0.4, -0.2) is 31.8 Å². The number of alkyl halides is 3. The zero-order valence-electron chi connectivity index (χ0n) is 12.3. The molecular weight excluding hydrogens is 309 g/mol. The summed E-state index contributed by atoms with van der Waals surface area (Å²) in [4.78, 5) is 19.0. The molecule has 6 heteroatoms. The van der Waals surface area contributed by atoms with Crippen LogP contribution in [-0.2, 0) is 9.59 Å². The Morgan fingerprint density at radius 1 is 0.957 bits per heavy atom. The van der Waals surface area contributed by atoms with E-state index in [9.17, 15) is 22.8 Å². The number of methoxy groups -OCH3 is 1. The van der Waals surface area contributed by atoms with Crippen molar-refractivity contribution < 1.29 is 27.5 Å². The van der Waals surface area contributed by atoms with E-state index in [0.717, 1.165) is 5.75 Å². The molecule has 1 atom stereocenters. The number of hydrogen-bond donors (Lipinski definition) is 0. The summed E-state index contributed by atoms with van der Waals surface area (Å²) in [6.07, 6.45) is -6.54. The summed E-state index contributed by atoms with van der Waals surface area (Å²) in [5.74, 6) is -1.09. The van der Waals surface area contributed by atoms with Gasteiger partial charge < -0.3 is 4.74 Å². The fourth-order valence-corrected chi connectivity index (χ4v) is 1.60. The number of ketones is 1. The third kappa shape index (κ3) is 5.94. The number of rotatable bonds is 5.